The van der Waals surface area contributed by atoms with E-state index >= 15 is 0 Å². The van der Waals surface area contributed by atoms with Crippen LogP contribution in [-0.4, -0.2) is 35.9 Å². The molecule has 1 N–H and O–H groups in total. The number of hydrogen-bond donors (Lipinski definition) is 1. The molecule has 0 aliphatic carbocycles. The van der Waals surface area contributed by atoms with Gasteiger partial charge in [0.05, 0.1) is 18.6 Å². The summed E-state index contributed by atoms with van der Waals surface area (Å²) in [6.45, 7) is 2.91. The van der Waals surface area contributed by atoms with Crippen LogP contribution >= 0.6 is 11.3 Å². The molecule has 0 spiro atoms. The van der Waals surface area contributed by atoms with Crippen LogP contribution in [0.4, 0.5) is 11.4 Å². The lowest BCUT2D eigenvalue weighted by Crippen LogP contribution is -2.32. The molecule has 26 heavy (non-hydrogen) atoms. The monoisotopic (exact) mass is 375 g/mol. The van der Waals surface area contributed by atoms with Crippen LogP contribution in [0.2, 0.25) is 0 Å². The molecule has 8 heteroatoms. The minimum Gasteiger partial charge on any atom is -0.490 e. The van der Waals surface area contributed by atoms with Crippen LogP contribution in [0.3, 0.4) is 0 Å². The molecule has 1 fully saturated rings. The first-order valence-corrected chi connectivity index (χ1v) is 9.28. The van der Waals surface area contributed by atoms with E-state index in [4.69, 9.17) is 4.74 Å². The van der Waals surface area contributed by atoms with Crippen LogP contribution in [0, 0.1) is 17.0 Å². The summed E-state index contributed by atoms with van der Waals surface area (Å²) in [5, 5.41) is 16.0. The summed E-state index contributed by atoms with van der Waals surface area (Å²) in [5.74, 6) is 0.000923. The molecular weight excluding hydrogens is 354 g/mol. The molecule has 0 bridgehead atoms. The standard InChI is InChI=1S/C18H21N3O4S/c1-12-9-15(21(23)24)16(25-2)10-13(12)19-18(22)11-20-7-3-5-14(20)17-6-4-8-26-17/h4,6,8-10,14H,3,5,7,11H2,1-2H3,(H,19,22)/t14-/m0/s1. The second-order valence-electron chi connectivity index (χ2n) is 6.29. The van der Waals surface area contributed by atoms with Crippen molar-refractivity contribution in [3.05, 3.63) is 50.2 Å². The number of anilines is 1. The van der Waals surface area contributed by atoms with E-state index in [0.29, 0.717) is 17.8 Å². The van der Waals surface area contributed by atoms with Crippen molar-refractivity contribution in [3.8, 4) is 5.75 Å². The third-order valence-electron chi connectivity index (χ3n) is 4.58. The zero-order valence-electron chi connectivity index (χ0n) is 14.7. The van der Waals surface area contributed by atoms with Gasteiger partial charge in [0, 0.05) is 28.7 Å². The Labute approximate surface area is 155 Å². The number of likely N-dealkylation sites (tertiary alicyclic amines) is 1. The van der Waals surface area contributed by atoms with Crippen molar-refractivity contribution in [2.24, 2.45) is 0 Å². The normalized spacial score (nSPS) is 17.2. The maximum atomic E-state index is 12.5. The molecule has 1 aliphatic heterocycles. The highest BCUT2D eigenvalue weighted by Crippen LogP contribution is 2.35. The number of thiophene rings is 1. The Morgan fingerprint density at radius 2 is 2.31 bits per heavy atom. The van der Waals surface area contributed by atoms with Crippen LogP contribution < -0.4 is 10.1 Å². The van der Waals surface area contributed by atoms with Crippen molar-refractivity contribution in [2.75, 3.05) is 25.5 Å². The average molecular weight is 375 g/mol. The van der Waals surface area contributed by atoms with Crippen LogP contribution in [0.1, 0.15) is 29.3 Å². The lowest BCUT2D eigenvalue weighted by Gasteiger charge is -2.23. The van der Waals surface area contributed by atoms with E-state index in [9.17, 15) is 14.9 Å². The summed E-state index contributed by atoms with van der Waals surface area (Å²) in [6, 6.07) is 7.35. The molecule has 1 amide bonds. The van der Waals surface area contributed by atoms with Crippen molar-refractivity contribution >= 4 is 28.6 Å². The van der Waals surface area contributed by atoms with Gasteiger partial charge in [0.2, 0.25) is 5.91 Å². The molecule has 1 saturated heterocycles. The van der Waals surface area contributed by atoms with Crippen LogP contribution in [0.5, 0.6) is 5.75 Å². The van der Waals surface area contributed by atoms with Gasteiger partial charge in [-0.2, -0.15) is 0 Å². The van der Waals surface area contributed by atoms with E-state index in [-0.39, 0.29) is 23.4 Å². The number of methoxy groups -OCH3 is 1. The van der Waals surface area contributed by atoms with Gasteiger partial charge in [0.15, 0.2) is 5.75 Å². The first kappa shape index (κ1) is 18.3. The second kappa shape index (κ2) is 7.84. The molecule has 138 valence electrons. The quantitative estimate of drug-likeness (QED) is 0.614. The van der Waals surface area contributed by atoms with Crippen LogP contribution in [0.15, 0.2) is 29.6 Å². The summed E-state index contributed by atoms with van der Waals surface area (Å²) in [6.07, 6.45) is 2.12. The van der Waals surface area contributed by atoms with Gasteiger partial charge in [-0.1, -0.05) is 6.07 Å². The Bertz CT molecular complexity index is 807. The summed E-state index contributed by atoms with van der Waals surface area (Å²) >= 11 is 1.71. The molecule has 3 rings (SSSR count). The van der Waals surface area contributed by atoms with Crippen molar-refractivity contribution in [3.63, 3.8) is 0 Å². The fourth-order valence-electron chi connectivity index (χ4n) is 3.31. The maximum absolute atomic E-state index is 12.5. The fourth-order valence-corrected chi connectivity index (χ4v) is 4.20. The van der Waals surface area contributed by atoms with E-state index in [1.807, 2.05) is 6.07 Å². The lowest BCUT2D eigenvalue weighted by molar-refractivity contribution is -0.385. The van der Waals surface area contributed by atoms with Crippen molar-refractivity contribution in [1.82, 2.24) is 4.90 Å². The second-order valence-corrected chi connectivity index (χ2v) is 7.27. The molecule has 1 atom stereocenters. The fraction of sp³-hybridized carbons (Fsp3) is 0.389. The highest BCUT2D eigenvalue weighted by atomic mass is 32.1. The number of rotatable bonds is 6. The number of carbonyl (C=O) groups excluding carboxylic acids is 1. The van der Waals surface area contributed by atoms with Gasteiger partial charge in [0.1, 0.15) is 0 Å². The van der Waals surface area contributed by atoms with E-state index in [1.165, 1.54) is 24.1 Å². The molecule has 0 unspecified atom stereocenters. The number of nitro benzene ring substituents is 1. The highest BCUT2D eigenvalue weighted by Gasteiger charge is 2.28. The number of aryl methyl sites for hydroxylation is 1. The number of nitrogens with one attached hydrogen (secondary N) is 1. The Morgan fingerprint density at radius 3 is 2.96 bits per heavy atom. The molecule has 2 heterocycles. The molecule has 1 aromatic heterocycles. The molecule has 1 aliphatic rings. The van der Waals surface area contributed by atoms with E-state index in [0.717, 1.165) is 19.4 Å². The predicted octanol–water partition coefficient (Wildman–Crippen LogP) is 3.75. The van der Waals surface area contributed by atoms with E-state index in [2.05, 4.69) is 21.7 Å². The number of nitro groups is 1. The third-order valence-corrected chi connectivity index (χ3v) is 5.55. The number of hydrogen-bond acceptors (Lipinski definition) is 6. The SMILES string of the molecule is COc1cc(NC(=O)CN2CCC[C@H]2c2cccs2)c(C)cc1[N+](=O)[O-]. The van der Waals surface area contributed by atoms with Crippen LogP contribution in [-0.2, 0) is 4.79 Å². The van der Waals surface area contributed by atoms with Gasteiger partial charge in [-0.05, 0) is 43.3 Å². The smallest absolute Gasteiger partial charge is 0.311 e. The number of ether oxygens (including phenoxy) is 1. The number of carbonyl (C=O) groups is 1. The Kier molecular flexibility index (Phi) is 5.53. The first-order valence-electron chi connectivity index (χ1n) is 8.40. The summed E-state index contributed by atoms with van der Waals surface area (Å²) in [7, 11) is 1.37. The minimum absolute atomic E-state index is 0.111. The summed E-state index contributed by atoms with van der Waals surface area (Å²) in [5.41, 5.74) is 1.05. The van der Waals surface area contributed by atoms with Gasteiger partial charge in [0.25, 0.3) is 0 Å². The zero-order chi connectivity index (χ0) is 18.7. The lowest BCUT2D eigenvalue weighted by atomic mass is 10.1. The molecule has 7 nitrogen and oxygen atoms in total. The Hall–Kier alpha value is -2.45. The Balaban J connectivity index is 1.71. The van der Waals surface area contributed by atoms with Gasteiger partial charge in [-0.3, -0.25) is 19.8 Å². The van der Waals surface area contributed by atoms with Gasteiger partial charge in [-0.25, -0.2) is 0 Å². The molecule has 1 aromatic carbocycles. The van der Waals surface area contributed by atoms with Gasteiger partial charge in [-0.15, -0.1) is 11.3 Å². The largest absolute Gasteiger partial charge is 0.490 e. The van der Waals surface area contributed by atoms with Gasteiger partial charge < -0.3 is 10.1 Å². The van der Waals surface area contributed by atoms with Crippen molar-refractivity contribution < 1.29 is 14.5 Å². The molecule has 0 saturated carbocycles. The van der Waals surface area contributed by atoms with Gasteiger partial charge >= 0.3 is 5.69 Å². The topological polar surface area (TPSA) is 84.7 Å². The number of nitrogens with zero attached hydrogens (tertiary/aromatic N) is 2. The average Bonchev–Trinajstić information content (AvgIpc) is 3.27. The number of benzene rings is 1. The van der Waals surface area contributed by atoms with E-state index in [1.54, 1.807) is 18.3 Å². The summed E-state index contributed by atoms with van der Waals surface area (Å²) < 4.78 is 5.08. The van der Waals surface area contributed by atoms with Crippen LogP contribution in [0.25, 0.3) is 0 Å². The highest BCUT2D eigenvalue weighted by molar-refractivity contribution is 7.10. The molecule has 0 radical (unpaired) electrons. The zero-order valence-corrected chi connectivity index (χ0v) is 15.5. The van der Waals surface area contributed by atoms with Crippen molar-refractivity contribution in [2.45, 2.75) is 25.8 Å². The number of amides is 1. The molecule has 2 aromatic rings. The predicted molar refractivity (Wildman–Crippen MR) is 101 cm³/mol. The van der Waals surface area contributed by atoms with E-state index < -0.39 is 4.92 Å². The first-order chi connectivity index (χ1) is 12.5. The Morgan fingerprint density at radius 1 is 1.50 bits per heavy atom. The maximum Gasteiger partial charge on any atom is 0.311 e. The van der Waals surface area contributed by atoms with Crippen molar-refractivity contribution in [1.29, 1.82) is 0 Å². The third kappa shape index (κ3) is 3.86. The molecular formula is C18H21N3O4S. The minimum atomic E-state index is -0.493. The summed E-state index contributed by atoms with van der Waals surface area (Å²) in [4.78, 5) is 26.6.